The third kappa shape index (κ3) is 5.21. The van der Waals surface area contributed by atoms with E-state index in [0.29, 0.717) is 57.4 Å². The van der Waals surface area contributed by atoms with Crippen LogP contribution in [0.15, 0.2) is 78.1 Å². The zero-order valence-electron chi connectivity index (χ0n) is 24.4. The first-order chi connectivity index (χ1) is 21.9. The van der Waals surface area contributed by atoms with Crippen molar-refractivity contribution in [2.75, 3.05) is 5.32 Å². The molecule has 0 unspecified atom stereocenters. The van der Waals surface area contributed by atoms with Crippen LogP contribution in [0.1, 0.15) is 48.8 Å². The molecule has 0 amide bonds. The number of nitrogens with zero attached hydrogens (tertiary/aromatic N) is 6. The van der Waals surface area contributed by atoms with Crippen molar-refractivity contribution < 1.29 is 13.9 Å². The molecule has 2 saturated carbocycles. The summed E-state index contributed by atoms with van der Waals surface area (Å²) in [4.78, 5) is 22.9. The Bertz CT molecular complexity index is 2120. The third-order valence-corrected chi connectivity index (χ3v) is 8.99. The average Bonchev–Trinajstić information content (AvgIpc) is 3.73. The molecule has 1 N–H and O–H groups in total. The van der Waals surface area contributed by atoms with Crippen LogP contribution in [-0.2, 0) is 18.4 Å². The van der Waals surface area contributed by atoms with Gasteiger partial charge in [0.1, 0.15) is 27.6 Å². The number of rotatable bonds is 9. The number of fused-ring (bicyclic) bond motifs is 2. The lowest BCUT2D eigenvalue weighted by Gasteiger charge is -2.36. The molecule has 5 aromatic heterocycles. The van der Waals surface area contributed by atoms with Crippen molar-refractivity contribution in [1.82, 2.24) is 28.7 Å². The fraction of sp³-hybridized carbons (Fsp3) is 0.273. The van der Waals surface area contributed by atoms with E-state index in [0.717, 1.165) is 36.8 Å². The molecular formula is C33H29ClFN7O3. The summed E-state index contributed by atoms with van der Waals surface area (Å²) < 4.78 is 30.8. The van der Waals surface area contributed by atoms with E-state index in [-0.39, 0.29) is 17.7 Å². The predicted octanol–water partition coefficient (Wildman–Crippen LogP) is 6.90. The summed E-state index contributed by atoms with van der Waals surface area (Å²) >= 11 is 6.82. The maximum atomic E-state index is 13.8. The first-order valence-corrected chi connectivity index (χ1v) is 15.3. The number of benzene rings is 1. The van der Waals surface area contributed by atoms with Gasteiger partial charge >= 0.3 is 0 Å². The molecule has 0 bridgehead atoms. The SMILES string of the molecule is Cn1c(Nc2cc(C3CC3)cn(C3CC(OCc4ccccc4)C3)c2=O)nc2ncc(Oc3cnn4cc(F)ccc34)c(Cl)c21. The first kappa shape index (κ1) is 27.8. The molecule has 2 aliphatic rings. The van der Waals surface area contributed by atoms with Crippen LogP contribution in [0, 0.1) is 5.82 Å². The summed E-state index contributed by atoms with van der Waals surface area (Å²) in [5.74, 6) is 1.17. The van der Waals surface area contributed by atoms with E-state index < -0.39 is 5.82 Å². The normalized spacial score (nSPS) is 17.9. The second kappa shape index (κ2) is 11.0. The van der Waals surface area contributed by atoms with Crippen molar-refractivity contribution >= 4 is 39.9 Å². The van der Waals surface area contributed by atoms with Gasteiger partial charge in [0.25, 0.3) is 5.56 Å². The Labute approximate surface area is 262 Å². The Balaban J connectivity index is 1.05. The van der Waals surface area contributed by atoms with Crippen LogP contribution < -0.4 is 15.6 Å². The highest BCUT2D eigenvalue weighted by Gasteiger charge is 2.34. The molecule has 0 spiro atoms. The van der Waals surface area contributed by atoms with E-state index in [4.69, 9.17) is 21.1 Å². The van der Waals surface area contributed by atoms with Gasteiger partial charge in [-0.05, 0) is 60.9 Å². The van der Waals surface area contributed by atoms with Crippen molar-refractivity contribution in [3.05, 3.63) is 106 Å². The van der Waals surface area contributed by atoms with Crippen LogP contribution in [0.5, 0.6) is 11.5 Å². The van der Waals surface area contributed by atoms with Gasteiger partial charge in [0.2, 0.25) is 5.95 Å². The van der Waals surface area contributed by atoms with Gasteiger partial charge in [0.05, 0.1) is 31.3 Å². The molecule has 6 aromatic rings. The van der Waals surface area contributed by atoms with E-state index >= 15 is 0 Å². The summed E-state index contributed by atoms with van der Waals surface area (Å²) in [5.41, 5.74) is 4.15. The molecule has 2 aliphatic carbocycles. The number of aryl methyl sites for hydroxylation is 1. The van der Waals surface area contributed by atoms with E-state index in [9.17, 15) is 9.18 Å². The highest BCUT2D eigenvalue weighted by atomic mass is 35.5. The zero-order chi connectivity index (χ0) is 30.7. The summed E-state index contributed by atoms with van der Waals surface area (Å²) in [6.45, 7) is 0.567. The second-order valence-corrected chi connectivity index (χ2v) is 12.1. The zero-order valence-corrected chi connectivity index (χ0v) is 25.1. The minimum absolute atomic E-state index is 0.0743. The minimum atomic E-state index is -0.410. The highest BCUT2D eigenvalue weighted by molar-refractivity contribution is 6.36. The Morgan fingerprint density at radius 1 is 1.07 bits per heavy atom. The minimum Gasteiger partial charge on any atom is -0.450 e. The number of halogens is 2. The van der Waals surface area contributed by atoms with E-state index in [1.165, 1.54) is 29.2 Å². The van der Waals surface area contributed by atoms with Crippen molar-refractivity contribution in [3.63, 3.8) is 0 Å². The largest absolute Gasteiger partial charge is 0.450 e. The van der Waals surface area contributed by atoms with Gasteiger partial charge in [0.15, 0.2) is 17.1 Å². The Morgan fingerprint density at radius 2 is 1.89 bits per heavy atom. The van der Waals surface area contributed by atoms with E-state index in [1.807, 2.05) is 35.0 Å². The lowest BCUT2D eigenvalue weighted by Crippen LogP contribution is -2.38. The molecule has 45 heavy (non-hydrogen) atoms. The van der Waals surface area contributed by atoms with E-state index in [2.05, 4.69) is 32.5 Å². The molecule has 0 saturated heterocycles. The molecule has 12 heteroatoms. The predicted molar refractivity (Wildman–Crippen MR) is 168 cm³/mol. The van der Waals surface area contributed by atoms with Crippen LogP contribution in [0.2, 0.25) is 5.02 Å². The summed E-state index contributed by atoms with van der Waals surface area (Å²) in [6.07, 6.45) is 10.2. The number of anilines is 2. The van der Waals surface area contributed by atoms with Gasteiger partial charge in [0, 0.05) is 19.3 Å². The van der Waals surface area contributed by atoms with Crippen molar-refractivity contribution in [3.8, 4) is 11.5 Å². The smallest absolute Gasteiger partial charge is 0.274 e. The van der Waals surface area contributed by atoms with Crippen molar-refractivity contribution in [2.45, 2.75) is 50.4 Å². The Morgan fingerprint density at radius 3 is 2.69 bits per heavy atom. The lowest BCUT2D eigenvalue weighted by molar-refractivity contribution is -0.0364. The quantitative estimate of drug-likeness (QED) is 0.186. The van der Waals surface area contributed by atoms with Crippen molar-refractivity contribution in [2.24, 2.45) is 7.05 Å². The lowest BCUT2D eigenvalue weighted by atomic mass is 9.88. The fourth-order valence-corrected chi connectivity index (χ4v) is 6.16. The monoisotopic (exact) mass is 625 g/mol. The van der Waals surface area contributed by atoms with Gasteiger partial charge in [-0.25, -0.2) is 13.9 Å². The number of imidazole rings is 1. The van der Waals surface area contributed by atoms with Gasteiger partial charge in [-0.2, -0.15) is 10.1 Å². The Kier molecular flexibility index (Phi) is 6.80. The second-order valence-electron chi connectivity index (χ2n) is 11.7. The number of pyridine rings is 3. The number of hydrogen-bond donors (Lipinski definition) is 1. The van der Waals surface area contributed by atoms with Crippen LogP contribution in [0.3, 0.4) is 0 Å². The van der Waals surface area contributed by atoms with Crippen LogP contribution in [0.25, 0.3) is 16.7 Å². The highest BCUT2D eigenvalue weighted by Crippen LogP contribution is 2.42. The first-order valence-electron chi connectivity index (χ1n) is 14.9. The van der Waals surface area contributed by atoms with E-state index in [1.54, 1.807) is 17.7 Å². The van der Waals surface area contributed by atoms with Crippen LogP contribution in [-0.4, -0.2) is 34.8 Å². The molecule has 0 aliphatic heterocycles. The number of aromatic nitrogens is 6. The van der Waals surface area contributed by atoms with Gasteiger partial charge in [-0.3, -0.25) is 4.79 Å². The molecule has 10 nitrogen and oxygen atoms in total. The topological polar surface area (TPSA) is 100 Å². The Hall–Kier alpha value is -4.74. The fourth-order valence-electron chi connectivity index (χ4n) is 5.86. The molecule has 8 rings (SSSR count). The molecule has 228 valence electrons. The summed E-state index contributed by atoms with van der Waals surface area (Å²) in [7, 11) is 1.80. The standard InChI is InChI=1S/C33H29ClFN7O3/c1-40-30-29(34)28(45-27-15-37-42-17-22(35)9-10-26(27)42)14-36-31(30)39-33(40)38-25-11-21(20-7-8-20)16-41(32(25)43)23-12-24(13-23)44-18-19-5-3-2-4-6-19/h2-6,9-11,14-17,20,23-24H,7-8,12-13,18H2,1H3,(H,36,38,39). The average molecular weight is 626 g/mol. The van der Waals surface area contributed by atoms with Gasteiger partial charge in [-0.1, -0.05) is 41.9 Å². The number of ether oxygens (including phenoxy) is 2. The molecule has 0 atom stereocenters. The molecule has 1 aromatic carbocycles. The van der Waals surface area contributed by atoms with Crippen LogP contribution in [0.4, 0.5) is 16.0 Å². The summed E-state index contributed by atoms with van der Waals surface area (Å²) in [5, 5.41) is 7.72. The van der Waals surface area contributed by atoms with Gasteiger partial charge < -0.3 is 23.9 Å². The van der Waals surface area contributed by atoms with Crippen LogP contribution >= 0.6 is 11.6 Å². The molecular weight excluding hydrogens is 597 g/mol. The maximum Gasteiger partial charge on any atom is 0.274 e. The molecule has 0 radical (unpaired) electrons. The number of nitrogens with one attached hydrogen (secondary N) is 1. The van der Waals surface area contributed by atoms with Gasteiger partial charge in [-0.15, -0.1) is 0 Å². The third-order valence-electron chi connectivity index (χ3n) is 8.62. The maximum absolute atomic E-state index is 13.8. The molecule has 5 heterocycles. The molecule has 2 fully saturated rings. The number of hydrogen-bond acceptors (Lipinski definition) is 7. The van der Waals surface area contributed by atoms with Crippen molar-refractivity contribution in [1.29, 1.82) is 0 Å². The summed E-state index contributed by atoms with van der Waals surface area (Å²) in [6, 6.07) is 15.0.